The van der Waals surface area contributed by atoms with E-state index in [1.54, 1.807) is 13.0 Å². The van der Waals surface area contributed by atoms with E-state index in [0.717, 1.165) is 71.4 Å². The van der Waals surface area contributed by atoms with Crippen LogP contribution in [0.3, 0.4) is 0 Å². The smallest absolute Gasteiger partial charge is 0.272 e. The van der Waals surface area contributed by atoms with E-state index in [4.69, 9.17) is 0 Å². The zero-order chi connectivity index (χ0) is 23.5. The van der Waals surface area contributed by atoms with Crippen LogP contribution in [0.2, 0.25) is 0 Å². The number of hydrogen-bond donors (Lipinski definition) is 1. The molecule has 8 nitrogen and oxygen atoms in total. The number of amides is 2. The number of fused-ring (bicyclic) bond motifs is 1. The van der Waals surface area contributed by atoms with Crippen LogP contribution in [-0.2, 0) is 17.8 Å². The lowest BCUT2D eigenvalue weighted by molar-refractivity contribution is -0.129. The van der Waals surface area contributed by atoms with Crippen molar-refractivity contribution in [1.29, 1.82) is 0 Å². The van der Waals surface area contributed by atoms with E-state index in [1.807, 2.05) is 9.80 Å². The Kier molecular flexibility index (Phi) is 6.76. The number of carbonyl (C=O) groups is 2. The lowest BCUT2D eigenvalue weighted by atomic mass is 9.95. The third-order valence-electron chi connectivity index (χ3n) is 7.61. The molecule has 4 heterocycles. The van der Waals surface area contributed by atoms with Crippen molar-refractivity contribution in [2.24, 2.45) is 0 Å². The molecule has 1 N–H and O–H groups in total. The van der Waals surface area contributed by atoms with Crippen molar-refractivity contribution in [2.75, 3.05) is 38.0 Å². The number of benzene rings is 1. The van der Waals surface area contributed by atoms with Crippen molar-refractivity contribution in [3.05, 3.63) is 53.5 Å². The number of nitrogens with one attached hydrogen (secondary N) is 1. The molecule has 2 aromatic rings. The van der Waals surface area contributed by atoms with Crippen molar-refractivity contribution in [3.8, 4) is 0 Å². The first-order valence-corrected chi connectivity index (χ1v) is 12.5. The van der Waals surface area contributed by atoms with Crippen LogP contribution >= 0.6 is 0 Å². The van der Waals surface area contributed by atoms with Gasteiger partial charge in [0.05, 0.1) is 0 Å². The molecule has 5 rings (SSSR count). The minimum atomic E-state index is -0.0145. The molecule has 2 amide bonds. The van der Waals surface area contributed by atoms with Gasteiger partial charge in [0.25, 0.3) is 5.91 Å². The summed E-state index contributed by atoms with van der Waals surface area (Å²) in [6, 6.07) is 11.3. The van der Waals surface area contributed by atoms with E-state index in [9.17, 15) is 9.59 Å². The number of carbonyl (C=O) groups excluding carboxylic acids is 2. The number of aromatic nitrogens is 2. The van der Waals surface area contributed by atoms with Gasteiger partial charge in [0.15, 0.2) is 0 Å². The Morgan fingerprint density at radius 2 is 1.62 bits per heavy atom. The number of anilines is 1. The van der Waals surface area contributed by atoms with E-state index in [0.29, 0.717) is 17.6 Å². The summed E-state index contributed by atoms with van der Waals surface area (Å²) in [6.07, 6.45) is 6.33. The monoisotopic (exact) mass is 462 g/mol. The van der Waals surface area contributed by atoms with Crippen molar-refractivity contribution in [2.45, 2.75) is 57.7 Å². The molecule has 2 saturated heterocycles. The molecule has 0 aliphatic carbocycles. The highest BCUT2D eigenvalue weighted by atomic mass is 16.2. The average molecular weight is 463 g/mol. The van der Waals surface area contributed by atoms with Gasteiger partial charge in [0, 0.05) is 64.3 Å². The second-order valence-electron chi connectivity index (χ2n) is 9.73. The summed E-state index contributed by atoms with van der Waals surface area (Å²) < 4.78 is 0. The van der Waals surface area contributed by atoms with Gasteiger partial charge < -0.3 is 15.1 Å². The molecule has 0 saturated carbocycles. The first kappa shape index (κ1) is 22.8. The quantitative estimate of drug-likeness (QED) is 0.752. The van der Waals surface area contributed by atoms with Gasteiger partial charge in [-0.1, -0.05) is 24.3 Å². The van der Waals surface area contributed by atoms with Gasteiger partial charge in [-0.25, -0.2) is 9.97 Å². The van der Waals surface area contributed by atoms with Crippen LogP contribution in [0.1, 0.15) is 54.2 Å². The summed E-state index contributed by atoms with van der Waals surface area (Å²) in [5.74, 6) is 0.794. The molecular weight excluding hydrogens is 428 g/mol. The molecule has 1 aromatic heterocycles. The van der Waals surface area contributed by atoms with Crippen LogP contribution in [0.25, 0.3) is 0 Å². The molecule has 0 spiro atoms. The van der Waals surface area contributed by atoms with Crippen molar-refractivity contribution >= 4 is 17.6 Å². The second-order valence-corrected chi connectivity index (χ2v) is 9.73. The molecule has 34 heavy (non-hydrogen) atoms. The van der Waals surface area contributed by atoms with Crippen LogP contribution in [0, 0.1) is 0 Å². The molecule has 3 aliphatic rings. The Morgan fingerprint density at radius 3 is 2.35 bits per heavy atom. The highest BCUT2D eigenvalue weighted by molar-refractivity contribution is 5.93. The molecule has 2 fully saturated rings. The van der Waals surface area contributed by atoms with Crippen molar-refractivity contribution in [1.82, 2.24) is 24.7 Å². The molecule has 180 valence electrons. The van der Waals surface area contributed by atoms with Crippen LogP contribution in [0.15, 0.2) is 36.7 Å². The Labute approximate surface area is 201 Å². The maximum atomic E-state index is 13.2. The highest BCUT2D eigenvalue weighted by Crippen LogP contribution is 2.25. The van der Waals surface area contributed by atoms with Gasteiger partial charge in [0.1, 0.15) is 17.8 Å². The molecule has 0 bridgehead atoms. The van der Waals surface area contributed by atoms with Gasteiger partial charge in [-0.15, -0.1) is 0 Å². The summed E-state index contributed by atoms with van der Waals surface area (Å²) in [5, 5.41) is 3.43. The van der Waals surface area contributed by atoms with Crippen molar-refractivity contribution < 1.29 is 9.59 Å². The fraction of sp³-hybridized carbons (Fsp3) is 0.538. The average Bonchev–Trinajstić information content (AvgIpc) is 2.88. The second kappa shape index (κ2) is 10.1. The first-order valence-electron chi connectivity index (χ1n) is 12.5. The topological polar surface area (TPSA) is 81.7 Å². The van der Waals surface area contributed by atoms with Gasteiger partial charge >= 0.3 is 0 Å². The SMILES string of the molecule is CC(=O)N1CCC(Nc2cc(C(=O)N3CCC(N4CCc5ccccc5C4)CC3)ncn2)CC1. The van der Waals surface area contributed by atoms with Crippen molar-refractivity contribution in [3.63, 3.8) is 0 Å². The predicted octanol–water partition coefficient (Wildman–Crippen LogP) is 2.56. The summed E-state index contributed by atoms with van der Waals surface area (Å²) in [7, 11) is 0. The molecule has 1 aromatic carbocycles. The Morgan fingerprint density at radius 1 is 0.912 bits per heavy atom. The normalized spacial score (nSPS) is 20.1. The summed E-state index contributed by atoms with van der Waals surface area (Å²) >= 11 is 0. The number of piperidine rings is 2. The molecule has 0 atom stereocenters. The number of nitrogens with zero attached hydrogens (tertiary/aromatic N) is 5. The fourth-order valence-electron chi connectivity index (χ4n) is 5.53. The van der Waals surface area contributed by atoms with Crippen LogP contribution < -0.4 is 5.32 Å². The van der Waals surface area contributed by atoms with Gasteiger partial charge in [-0.2, -0.15) is 0 Å². The summed E-state index contributed by atoms with van der Waals surface area (Å²) in [4.78, 5) is 39.7. The van der Waals surface area contributed by atoms with E-state index in [-0.39, 0.29) is 17.9 Å². The number of rotatable bonds is 4. The molecule has 8 heteroatoms. The first-order chi connectivity index (χ1) is 16.6. The summed E-state index contributed by atoms with van der Waals surface area (Å²) in [5.41, 5.74) is 3.37. The third kappa shape index (κ3) is 5.06. The van der Waals surface area contributed by atoms with E-state index in [1.165, 1.54) is 17.5 Å². The van der Waals surface area contributed by atoms with E-state index >= 15 is 0 Å². The lowest BCUT2D eigenvalue weighted by Gasteiger charge is -2.40. The van der Waals surface area contributed by atoms with Gasteiger partial charge in [-0.3, -0.25) is 14.5 Å². The van der Waals surface area contributed by atoms with E-state index < -0.39 is 0 Å². The standard InChI is InChI=1S/C26H34N6O2/c1-19(33)30-12-7-22(8-13-30)29-25-16-24(27-18-28-25)26(34)31-14-9-23(10-15-31)32-11-6-20-4-2-3-5-21(20)17-32/h2-5,16,18,22-23H,6-15,17H2,1H3,(H,27,28,29). The fourth-order valence-corrected chi connectivity index (χ4v) is 5.53. The summed E-state index contributed by atoms with van der Waals surface area (Å²) in [6.45, 7) is 6.76. The Hall–Kier alpha value is -3.00. The maximum Gasteiger partial charge on any atom is 0.272 e. The number of likely N-dealkylation sites (tertiary alicyclic amines) is 2. The number of hydrogen-bond acceptors (Lipinski definition) is 6. The van der Waals surface area contributed by atoms with E-state index in [2.05, 4.69) is 44.5 Å². The Balaban J connectivity index is 1.14. The molecule has 0 unspecified atom stereocenters. The zero-order valence-corrected chi connectivity index (χ0v) is 19.9. The van der Waals surface area contributed by atoms with Crippen LogP contribution in [0.4, 0.5) is 5.82 Å². The molecule has 3 aliphatic heterocycles. The van der Waals surface area contributed by atoms with Gasteiger partial charge in [0.2, 0.25) is 5.91 Å². The molecule has 0 radical (unpaired) electrons. The van der Waals surface area contributed by atoms with Gasteiger partial charge in [-0.05, 0) is 43.2 Å². The minimum absolute atomic E-state index is 0.0145. The third-order valence-corrected chi connectivity index (χ3v) is 7.61. The highest BCUT2D eigenvalue weighted by Gasteiger charge is 2.30. The molecular formula is C26H34N6O2. The predicted molar refractivity (Wildman–Crippen MR) is 130 cm³/mol. The van der Waals surface area contributed by atoms with Crippen LogP contribution in [0.5, 0.6) is 0 Å². The maximum absolute atomic E-state index is 13.2. The minimum Gasteiger partial charge on any atom is -0.367 e. The Bertz CT molecular complexity index is 1030. The van der Waals surface area contributed by atoms with Crippen LogP contribution in [-0.4, -0.2) is 81.3 Å². The lowest BCUT2D eigenvalue weighted by Crippen LogP contribution is -2.48. The zero-order valence-electron chi connectivity index (χ0n) is 19.9. The largest absolute Gasteiger partial charge is 0.367 e.